The molecule has 0 aliphatic heterocycles. The lowest BCUT2D eigenvalue weighted by Gasteiger charge is -2.18. The summed E-state index contributed by atoms with van der Waals surface area (Å²) in [5.74, 6) is -0.313. The van der Waals surface area contributed by atoms with Crippen LogP contribution in [0.2, 0.25) is 5.02 Å². The number of rotatable bonds is 5. The van der Waals surface area contributed by atoms with Crippen molar-refractivity contribution >= 4 is 29.1 Å². The van der Waals surface area contributed by atoms with E-state index in [1.165, 1.54) is 7.11 Å². The van der Waals surface area contributed by atoms with Gasteiger partial charge in [-0.1, -0.05) is 11.6 Å². The fraction of sp³-hybridized carbons (Fsp3) is 0.222. The molecule has 2 amide bonds. The molecule has 2 rings (SSSR count). The first-order chi connectivity index (χ1) is 11.9. The van der Waals surface area contributed by atoms with E-state index < -0.39 is 17.9 Å². The standard InChI is InChI=1S/C18H19ClN2O4/c1-11(15-9-8-14(24-2)10-16(15)25-3)20-17(22)18(23)21-13-6-4-12(19)5-7-13/h4-11H,1-3H3,(H,20,22)(H,21,23)/t11-/m0/s1. The Morgan fingerprint density at radius 1 is 1.00 bits per heavy atom. The third-order valence-corrected chi connectivity index (χ3v) is 3.82. The largest absolute Gasteiger partial charge is 0.497 e. The quantitative estimate of drug-likeness (QED) is 0.801. The average molecular weight is 363 g/mol. The Labute approximate surface area is 151 Å². The minimum absolute atomic E-state index is 0.427. The number of halogens is 1. The molecule has 0 heterocycles. The van der Waals surface area contributed by atoms with Gasteiger partial charge in [-0.05, 0) is 43.3 Å². The van der Waals surface area contributed by atoms with Crippen molar-refractivity contribution in [1.29, 1.82) is 0 Å². The van der Waals surface area contributed by atoms with E-state index in [1.807, 2.05) is 0 Å². The van der Waals surface area contributed by atoms with Crippen LogP contribution >= 0.6 is 11.6 Å². The van der Waals surface area contributed by atoms with Gasteiger partial charge in [-0.15, -0.1) is 0 Å². The van der Waals surface area contributed by atoms with E-state index in [-0.39, 0.29) is 0 Å². The molecule has 1 atom stereocenters. The van der Waals surface area contributed by atoms with Crippen molar-refractivity contribution in [1.82, 2.24) is 5.32 Å². The summed E-state index contributed by atoms with van der Waals surface area (Å²) in [5.41, 5.74) is 1.22. The average Bonchev–Trinajstić information content (AvgIpc) is 2.62. The first kappa shape index (κ1) is 18.6. The number of nitrogens with one attached hydrogen (secondary N) is 2. The molecule has 2 N–H and O–H groups in total. The lowest BCUT2D eigenvalue weighted by atomic mass is 10.1. The Hall–Kier alpha value is -2.73. The van der Waals surface area contributed by atoms with Crippen molar-refractivity contribution in [3.8, 4) is 11.5 Å². The molecule has 0 radical (unpaired) electrons. The van der Waals surface area contributed by atoms with E-state index in [1.54, 1.807) is 56.5 Å². The van der Waals surface area contributed by atoms with E-state index >= 15 is 0 Å². The molecule has 2 aromatic rings. The lowest BCUT2D eigenvalue weighted by Crippen LogP contribution is -2.37. The highest BCUT2D eigenvalue weighted by atomic mass is 35.5. The van der Waals surface area contributed by atoms with Crippen molar-refractivity contribution < 1.29 is 19.1 Å². The zero-order valence-corrected chi connectivity index (χ0v) is 14.9. The molecule has 0 aromatic heterocycles. The maximum Gasteiger partial charge on any atom is 0.313 e. The molecule has 0 saturated carbocycles. The number of benzene rings is 2. The van der Waals surface area contributed by atoms with Crippen LogP contribution in [0, 0.1) is 0 Å². The van der Waals surface area contributed by atoms with Crippen molar-refractivity contribution in [2.75, 3.05) is 19.5 Å². The first-order valence-corrected chi connectivity index (χ1v) is 7.91. The number of carbonyl (C=O) groups excluding carboxylic acids is 2. The fourth-order valence-corrected chi connectivity index (χ4v) is 2.36. The van der Waals surface area contributed by atoms with Crippen molar-refractivity contribution in [2.45, 2.75) is 13.0 Å². The summed E-state index contributed by atoms with van der Waals surface area (Å²) in [6.45, 7) is 1.76. The first-order valence-electron chi connectivity index (χ1n) is 7.54. The Morgan fingerprint density at radius 2 is 1.68 bits per heavy atom. The predicted molar refractivity (Wildman–Crippen MR) is 96.2 cm³/mol. The highest BCUT2D eigenvalue weighted by Gasteiger charge is 2.19. The highest BCUT2D eigenvalue weighted by Crippen LogP contribution is 2.29. The van der Waals surface area contributed by atoms with Crippen LogP contribution in [0.4, 0.5) is 5.69 Å². The summed E-state index contributed by atoms with van der Waals surface area (Å²) in [6, 6.07) is 11.3. The van der Waals surface area contributed by atoms with E-state index in [4.69, 9.17) is 21.1 Å². The van der Waals surface area contributed by atoms with Crippen LogP contribution in [0.25, 0.3) is 0 Å². The number of hydrogen-bond donors (Lipinski definition) is 2. The second-order valence-corrected chi connectivity index (χ2v) is 5.70. The normalized spacial score (nSPS) is 11.4. The van der Waals surface area contributed by atoms with Crippen LogP contribution in [0.1, 0.15) is 18.5 Å². The monoisotopic (exact) mass is 362 g/mol. The summed E-state index contributed by atoms with van der Waals surface area (Å²) in [4.78, 5) is 24.1. The van der Waals surface area contributed by atoms with Gasteiger partial charge in [-0.3, -0.25) is 9.59 Å². The van der Waals surface area contributed by atoms with Gasteiger partial charge in [0.2, 0.25) is 0 Å². The zero-order chi connectivity index (χ0) is 18.4. The SMILES string of the molecule is COc1ccc([C@H](C)NC(=O)C(=O)Nc2ccc(Cl)cc2)c(OC)c1. The fourth-order valence-electron chi connectivity index (χ4n) is 2.24. The van der Waals surface area contributed by atoms with Gasteiger partial charge in [0.1, 0.15) is 11.5 Å². The van der Waals surface area contributed by atoms with E-state index in [2.05, 4.69) is 10.6 Å². The van der Waals surface area contributed by atoms with Crippen molar-refractivity contribution in [3.05, 3.63) is 53.1 Å². The number of ether oxygens (including phenoxy) is 2. The maximum absolute atomic E-state index is 12.1. The van der Waals surface area contributed by atoms with Crippen LogP contribution in [0.3, 0.4) is 0 Å². The molecule has 0 fully saturated rings. The molecule has 6 nitrogen and oxygen atoms in total. The maximum atomic E-state index is 12.1. The van der Waals surface area contributed by atoms with Gasteiger partial charge in [0, 0.05) is 22.3 Å². The van der Waals surface area contributed by atoms with Gasteiger partial charge < -0.3 is 20.1 Å². The van der Waals surface area contributed by atoms with E-state index in [0.29, 0.717) is 22.2 Å². The Morgan fingerprint density at radius 3 is 2.28 bits per heavy atom. The summed E-state index contributed by atoms with van der Waals surface area (Å²) < 4.78 is 10.5. The Kier molecular flexibility index (Phi) is 6.25. The molecule has 0 unspecified atom stereocenters. The second kappa shape index (κ2) is 8.39. The summed E-state index contributed by atoms with van der Waals surface area (Å²) >= 11 is 5.78. The van der Waals surface area contributed by atoms with E-state index in [0.717, 1.165) is 5.56 Å². The molecule has 0 aliphatic rings. The molecule has 0 bridgehead atoms. The molecule has 2 aromatic carbocycles. The minimum atomic E-state index is -0.762. The van der Waals surface area contributed by atoms with Gasteiger partial charge in [-0.2, -0.15) is 0 Å². The molecule has 0 spiro atoms. The third-order valence-electron chi connectivity index (χ3n) is 3.56. The number of methoxy groups -OCH3 is 2. The molecular formula is C18H19ClN2O4. The van der Waals surface area contributed by atoms with Crippen molar-refractivity contribution in [2.24, 2.45) is 0 Å². The Balaban J connectivity index is 2.04. The lowest BCUT2D eigenvalue weighted by molar-refractivity contribution is -0.136. The van der Waals surface area contributed by atoms with Crippen LogP contribution in [-0.2, 0) is 9.59 Å². The molecule has 7 heteroatoms. The minimum Gasteiger partial charge on any atom is -0.497 e. The van der Waals surface area contributed by atoms with Crippen LogP contribution in [-0.4, -0.2) is 26.0 Å². The molecule has 25 heavy (non-hydrogen) atoms. The summed E-state index contributed by atoms with van der Waals surface area (Å²) in [6.07, 6.45) is 0. The van der Waals surface area contributed by atoms with Gasteiger partial charge >= 0.3 is 11.8 Å². The molecule has 0 aliphatic carbocycles. The highest BCUT2D eigenvalue weighted by molar-refractivity contribution is 6.39. The third kappa shape index (κ3) is 4.87. The van der Waals surface area contributed by atoms with Crippen LogP contribution in [0.15, 0.2) is 42.5 Å². The van der Waals surface area contributed by atoms with Gasteiger partial charge in [0.25, 0.3) is 0 Å². The smallest absolute Gasteiger partial charge is 0.313 e. The molecule has 0 saturated heterocycles. The predicted octanol–water partition coefficient (Wildman–Crippen LogP) is 3.17. The van der Waals surface area contributed by atoms with Crippen LogP contribution < -0.4 is 20.1 Å². The van der Waals surface area contributed by atoms with Crippen molar-refractivity contribution in [3.63, 3.8) is 0 Å². The number of carbonyl (C=O) groups is 2. The summed E-state index contributed by atoms with van der Waals surface area (Å²) in [7, 11) is 3.08. The number of amides is 2. The van der Waals surface area contributed by atoms with Gasteiger partial charge in [-0.25, -0.2) is 0 Å². The molecule has 132 valence electrons. The topological polar surface area (TPSA) is 76.7 Å². The van der Waals surface area contributed by atoms with Crippen LogP contribution in [0.5, 0.6) is 11.5 Å². The Bertz CT molecular complexity index is 762. The molecular weight excluding hydrogens is 344 g/mol. The zero-order valence-electron chi connectivity index (χ0n) is 14.1. The van der Waals surface area contributed by atoms with Gasteiger partial charge in [0.05, 0.1) is 20.3 Å². The number of anilines is 1. The number of hydrogen-bond acceptors (Lipinski definition) is 4. The van der Waals surface area contributed by atoms with E-state index in [9.17, 15) is 9.59 Å². The second-order valence-electron chi connectivity index (χ2n) is 5.26. The summed E-state index contributed by atoms with van der Waals surface area (Å²) in [5, 5.41) is 5.70. The van der Waals surface area contributed by atoms with Gasteiger partial charge in [0.15, 0.2) is 0 Å².